The quantitative estimate of drug-likeness (QED) is 0.886. The summed E-state index contributed by atoms with van der Waals surface area (Å²) in [6.07, 6.45) is 4.74. The van der Waals surface area contributed by atoms with Gasteiger partial charge in [0.1, 0.15) is 18.0 Å². The Bertz CT molecular complexity index is 735. The van der Waals surface area contributed by atoms with Gasteiger partial charge in [0.15, 0.2) is 5.03 Å². The van der Waals surface area contributed by atoms with Crippen LogP contribution in [0.3, 0.4) is 0 Å². The van der Waals surface area contributed by atoms with Crippen molar-refractivity contribution in [3.05, 3.63) is 24.2 Å². The summed E-state index contributed by atoms with van der Waals surface area (Å²) >= 11 is 0. The Kier molecular flexibility index (Phi) is 3.54. The lowest BCUT2D eigenvalue weighted by molar-refractivity contribution is 0.305. The van der Waals surface area contributed by atoms with Gasteiger partial charge in [-0.15, -0.1) is 10.2 Å². The molecule has 3 rings (SSSR count). The Labute approximate surface area is 123 Å². The van der Waals surface area contributed by atoms with Gasteiger partial charge >= 0.3 is 0 Å². The summed E-state index contributed by atoms with van der Waals surface area (Å²) in [7, 11) is -1.64. The van der Waals surface area contributed by atoms with E-state index in [9.17, 15) is 8.42 Å². The molecule has 1 saturated heterocycles. The first-order chi connectivity index (χ1) is 9.98. The van der Waals surface area contributed by atoms with E-state index >= 15 is 0 Å². The number of nitrogens with zero attached hydrogens (tertiary/aromatic N) is 5. The zero-order chi connectivity index (χ0) is 15.0. The summed E-state index contributed by atoms with van der Waals surface area (Å²) in [5.41, 5.74) is 0. The second-order valence-electron chi connectivity index (χ2n) is 5.34. The third kappa shape index (κ3) is 2.58. The lowest BCUT2D eigenvalue weighted by Gasteiger charge is -2.30. The molecule has 1 unspecified atom stereocenters. The molecule has 1 aliphatic heterocycles. The van der Waals surface area contributed by atoms with Crippen LogP contribution in [0, 0.1) is 6.92 Å². The molecule has 1 fully saturated rings. The third-order valence-corrected chi connectivity index (χ3v) is 5.57. The van der Waals surface area contributed by atoms with Crippen LogP contribution in [0.15, 0.2) is 17.6 Å². The maximum Gasteiger partial charge on any atom is 0.260 e. The summed E-state index contributed by atoms with van der Waals surface area (Å²) in [5.74, 6) is 1.50. The van der Waals surface area contributed by atoms with Crippen LogP contribution in [0.5, 0.6) is 0 Å². The maximum atomic E-state index is 12.6. The number of aromatic nitrogens is 5. The number of imidazole rings is 1. The van der Waals surface area contributed by atoms with Gasteiger partial charge in [-0.25, -0.2) is 13.4 Å². The first-order valence-corrected chi connectivity index (χ1v) is 8.28. The van der Waals surface area contributed by atoms with Crippen LogP contribution in [0.2, 0.25) is 0 Å². The molecule has 21 heavy (non-hydrogen) atoms. The molecule has 8 nitrogen and oxygen atoms in total. The Hall–Kier alpha value is -1.74. The van der Waals surface area contributed by atoms with Crippen molar-refractivity contribution in [2.24, 2.45) is 7.05 Å². The van der Waals surface area contributed by atoms with Gasteiger partial charge in [-0.1, -0.05) is 0 Å². The average Bonchev–Trinajstić information content (AvgIpc) is 3.08. The highest BCUT2D eigenvalue weighted by Gasteiger charge is 2.33. The second-order valence-corrected chi connectivity index (χ2v) is 7.24. The van der Waals surface area contributed by atoms with Crippen LogP contribution in [-0.4, -0.2) is 50.5 Å². The van der Waals surface area contributed by atoms with E-state index in [1.54, 1.807) is 13.3 Å². The Morgan fingerprint density at radius 2 is 2.24 bits per heavy atom. The smallest absolute Gasteiger partial charge is 0.260 e. The van der Waals surface area contributed by atoms with E-state index in [1.807, 2.05) is 11.6 Å². The van der Waals surface area contributed by atoms with E-state index in [1.165, 1.54) is 10.5 Å². The van der Waals surface area contributed by atoms with Gasteiger partial charge in [0.25, 0.3) is 10.0 Å². The molecule has 1 N–H and O–H groups in total. The fourth-order valence-corrected chi connectivity index (χ4v) is 4.19. The minimum absolute atomic E-state index is 0.0741. The molecule has 0 radical (unpaired) electrons. The normalized spacial score (nSPS) is 20.8. The highest BCUT2D eigenvalue weighted by molar-refractivity contribution is 7.89. The van der Waals surface area contributed by atoms with Crippen molar-refractivity contribution >= 4 is 10.0 Å². The topological polar surface area (TPSA) is 96.8 Å². The fourth-order valence-electron chi connectivity index (χ4n) is 2.70. The maximum absolute atomic E-state index is 12.6. The molecule has 114 valence electrons. The molecular weight excluding hydrogens is 292 g/mol. The van der Waals surface area contributed by atoms with Gasteiger partial charge in [-0.3, -0.25) is 0 Å². The van der Waals surface area contributed by atoms with Crippen molar-refractivity contribution in [1.29, 1.82) is 0 Å². The number of aryl methyl sites for hydroxylation is 2. The van der Waals surface area contributed by atoms with Crippen LogP contribution in [0.25, 0.3) is 0 Å². The highest BCUT2D eigenvalue weighted by Crippen LogP contribution is 2.28. The summed E-state index contributed by atoms with van der Waals surface area (Å²) < 4.78 is 28.6. The molecule has 1 aliphatic rings. The van der Waals surface area contributed by atoms with Gasteiger partial charge in [-0.05, 0) is 19.8 Å². The molecule has 1 atom stereocenters. The summed E-state index contributed by atoms with van der Waals surface area (Å²) in [6, 6.07) is 0. The van der Waals surface area contributed by atoms with Gasteiger partial charge < -0.3 is 9.55 Å². The van der Waals surface area contributed by atoms with Crippen molar-refractivity contribution < 1.29 is 8.42 Å². The summed E-state index contributed by atoms with van der Waals surface area (Å²) in [4.78, 5) is 6.77. The van der Waals surface area contributed by atoms with Crippen molar-refractivity contribution in [1.82, 2.24) is 29.0 Å². The Balaban J connectivity index is 1.85. The van der Waals surface area contributed by atoms with Crippen LogP contribution in [0.1, 0.15) is 30.4 Å². The minimum atomic E-state index is -3.52. The SMILES string of the molecule is Cc1ncc(S(=O)(=O)N2CCCC(c3nncn3C)C2)[nH]1. The van der Waals surface area contributed by atoms with Crippen LogP contribution >= 0.6 is 0 Å². The number of hydrogen-bond acceptors (Lipinski definition) is 5. The fraction of sp³-hybridized carbons (Fsp3) is 0.583. The molecule has 0 amide bonds. The number of nitrogens with one attached hydrogen (secondary N) is 1. The summed E-state index contributed by atoms with van der Waals surface area (Å²) in [6.45, 7) is 2.68. The van der Waals surface area contributed by atoms with E-state index in [2.05, 4.69) is 20.2 Å². The average molecular weight is 310 g/mol. The van der Waals surface area contributed by atoms with Crippen LogP contribution in [-0.2, 0) is 17.1 Å². The van der Waals surface area contributed by atoms with Gasteiger partial charge in [0.2, 0.25) is 0 Å². The number of H-pyrrole nitrogens is 1. The third-order valence-electron chi connectivity index (χ3n) is 3.79. The van der Waals surface area contributed by atoms with E-state index in [-0.39, 0.29) is 10.9 Å². The van der Waals surface area contributed by atoms with Crippen molar-refractivity contribution in [3.63, 3.8) is 0 Å². The number of piperidine rings is 1. The molecular formula is C12H18N6O2S. The Morgan fingerprint density at radius 3 is 2.86 bits per heavy atom. The van der Waals surface area contributed by atoms with E-state index in [0.717, 1.165) is 18.7 Å². The molecule has 2 aromatic rings. The van der Waals surface area contributed by atoms with Gasteiger partial charge in [0.05, 0.1) is 6.20 Å². The van der Waals surface area contributed by atoms with Crippen LogP contribution < -0.4 is 0 Å². The molecule has 3 heterocycles. The predicted octanol–water partition coefficient (Wildman–Crippen LogP) is 0.415. The molecule has 0 aliphatic carbocycles. The molecule has 0 spiro atoms. The van der Waals surface area contributed by atoms with E-state index in [4.69, 9.17) is 0 Å². The summed E-state index contributed by atoms with van der Waals surface area (Å²) in [5, 5.41) is 8.13. The first-order valence-electron chi connectivity index (χ1n) is 6.84. The highest BCUT2D eigenvalue weighted by atomic mass is 32.2. The van der Waals surface area contributed by atoms with Crippen molar-refractivity contribution in [2.45, 2.75) is 30.7 Å². The van der Waals surface area contributed by atoms with Gasteiger partial charge in [0, 0.05) is 26.1 Å². The lowest BCUT2D eigenvalue weighted by Crippen LogP contribution is -2.39. The Morgan fingerprint density at radius 1 is 1.43 bits per heavy atom. The van der Waals surface area contributed by atoms with Crippen molar-refractivity contribution in [2.75, 3.05) is 13.1 Å². The number of sulfonamides is 1. The largest absolute Gasteiger partial charge is 0.332 e. The van der Waals surface area contributed by atoms with Gasteiger partial charge in [-0.2, -0.15) is 4.31 Å². The standard InChI is InChI=1S/C12H18N6O2S/c1-9-13-6-11(15-9)21(19,20)18-5-3-4-10(7-18)12-16-14-8-17(12)2/h6,8,10H,3-5,7H2,1-2H3,(H,13,15). The monoisotopic (exact) mass is 310 g/mol. The number of rotatable bonds is 3. The molecule has 0 bridgehead atoms. The van der Waals surface area contributed by atoms with Crippen LogP contribution in [0.4, 0.5) is 0 Å². The molecule has 0 aromatic carbocycles. The lowest BCUT2D eigenvalue weighted by atomic mass is 9.99. The first kappa shape index (κ1) is 14.2. The molecule has 2 aromatic heterocycles. The van der Waals surface area contributed by atoms with E-state index in [0.29, 0.717) is 18.9 Å². The number of hydrogen-bond donors (Lipinski definition) is 1. The molecule has 9 heteroatoms. The minimum Gasteiger partial charge on any atom is -0.332 e. The predicted molar refractivity (Wildman–Crippen MR) is 75.1 cm³/mol. The van der Waals surface area contributed by atoms with E-state index < -0.39 is 10.0 Å². The molecule has 0 saturated carbocycles. The zero-order valence-corrected chi connectivity index (χ0v) is 12.8. The number of aromatic amines is 1. The van der Waals surface area contributed by atoms with Crippen molar-refractivity contribution in [3.8, 4) is 0 Å². The zero-order valence-electron chi connectivity index (χ0n) is 12.0. The second kappa shape index (κ2) is 5.23.